The third-order valence-electron chi connectivity index (χ3n) is 4.90. The average molecular weight is 390 g/mol. The highest BCUT2D eigenvalue weighted by Crippen LogP contribution is 2.34. The number of hydrogen-bond acceptors (Lipinski definition) is 5. The fraction of sp³-hybridized carbons (Fsp3) is 0.562. The molecule has 9 heteroatoms. The zero-order valence-corrected chi connectivity index (χ0v) is 15.2. The van der Waals surface area contributed by atoms with E-state index >= 15 is 0 Å². The van der Waals surface area contributed by atoms with E-state index in [4.69, 9.17) is 17.3 Å². The van der Waals surface area contributed by atoms with Gasteiger partial charge in [-0.3, -0.25) is 4.79 Å². The number of benzene rings is 1. The van der Waals surface area contributed by atoms with Crippen LogP contribution in [0.15, 0.2) is 24.3 Å². The summed E-state index contributed by atoms with van der Waals surface area (Å²) < 4.78 is 37.5. The molecule has 1 unspecified atom stereocenters. The van der Waals surface area contributed by atoms with Crippen molar-refractivity contribution in [3.63, 3.8) is 0 Å². The number of fused-ring (bicyclic) bond motifs is 1. The number of rotatable bonds is 5. The van der Waals surface area contributed by atoms with Gasteiger partial charge in [-0.1, -0.05) is 11.6 Å². The van der Waals surface area contributed by atoms with Gasteiger partial charge in [0, 0.05) is 55.3 Å². The van der Waals surface area contributed by atoms with Crippen LogP contribution in [0, 0.1) is 11.8 Å². The maximum atomic E-state index is 14.1. The minimum atomic E-state index is -4.13. The number of alkyl halides is 1. The van der Waals surface area contributed by atoms with Gasteiger partial charge in [-0.15, -0.1) is 0 Å². The molecule has 25 heavy (non-hydrogen) atoms. The number of sulfone groups is 1. The van der Waals surface area contributed by atoms with Gasteiger partial charge >= 0.3 is 0 Å². The van der Waals surface area contributed by atoms with Crippen molar-refractivity contribution in [2.75, 3.05) is 43.4 Å². The molecule has 0 aliphatic carbocycles. The number of carbonyl (C=O) groups is 1. The van der Waals surface area contributed by atoms with E-state index in [1.165, 1.54) is 4.90 Å². The van der Waals surface area contributed by atoms with Crippen molar-refractivity contribution < 1.29 is 17.6 Å². The minimum absolute atomic E-state index is 0.197. The highest BCUT2D eigenvalue weighted by molar-refractivity contribution is 7.92. The molecule has 6 nitrogen and oxygen atoms in total. The number of hydrogen-bond donors (Lipinski definition) is 1. The van der Waals surface area contributed by atoms with Crippen LogP contribution in [0.1, 0.15) is 0 Å². The molecule has 0 saturated carbocycles. The lowest BCUT2D eigenvalue weighted by atomic mass is 10.0. The highest BCUT2D eigenvalue weighted by atomic mass is 35.5. The first kappa shape index (κ1) is 18.4. The molecule has 2 N–H and O–H groups in total. The lowest BCUT2D eigenvalue weighted by Gasteiger charge is -2.24. The number of likely N-dealkylation sites (tertiary alicyclic amines) is 1. The highest BCUT2D eigenvalue weighted by Gasteiger charge is 2.45. The summed E-state index contributed by atoms with van der Waals surface area (Å²) in [4.78, 5) is 15.7. The van der Waals surface area contributed by atoms with Crippen molar-refractivity contribution >= 4 is 33.0 Å². The van der Waals surface area contributed by atoms with Gasteiger partial charge in [0.15, 0.2) is 9.84 Å². The van der Waals surface area contributed by atoms with E-state index in [1.54, 1.807) is 0 Å². The van der Waals surface area contributed by atoms with Crippen molar-refractivity contribution in [3.05, 3.63) is 29.3 Å². The van der Waals surface area contributed by atoms with Gasteiger partial charge in [0.25, 0.3) is 11.4 Å². The number of nitrogens with zero attached hydrogens (tertiary/aromatic N) is 2. The topological polar surface area (TPSA) is 83.7 Å². The molecule has 1 amide bonds. The normalized spacial score (nSPS) is 24.4. The Morgan fingerprint density at radius 3 is 2.28 bits per heavy atom. The Balaban J connectivity index is 1.61. The predicted octanol–water partition coefficient (Wildman–Crippen LogP) is 0.904. The molecule has 2 heterocycles. The van der Waals surface area contributed by atoms with E-state index in [0.717, 1.165) is 18.8 Å². The Kier molecular flexibility index (Phi) is 5.22. The fourth-order valence-corrected chi connectivity index (χ4v) is 4.72. The van der Waals surface area contributed by atoms with Gasteiger partial charge in [-0.05, 0) is 24.3 Å². The van der Waals surface area contributed by atoms with Crippen LogP contribution in [0.4, 0.5) is 10.1 Å². The molecule has 2 fully saturated rings. The molecule has 0 bridgehead atoms. The number of nitrogens with two attached hydrogens (primary N) is 1. The van der Waals surface area contributed by atoms with Crippen LogP contribution in [0.3, 0.4) is 0 Å². The number of carbonyl (C=O) groups excluding carboxylic acids is 1. The van der Waals surface area contributed by atoms with Gasteiger partial charge < -0.3 is 15.5 Å². The molecule has 2 aliphatic rings. The van der Waals surface area contributed by atoms with E-state index < -0.39 is 27.0 Å². The lowest BCUT2D eigenvalue weighted by molar-refractivity contribution is -0.132. The predicted molar refractivity (Wildman–Crippen MR) is 95.0 cm³/mol. The number of halogens is 2. The zero-order chi connectivity index (χ0) is 18.2. The molecule has 1 aromatic carbocycles. The van der Waals surface area contributed by atoms with Crippen LogP contribution in [-0.2, 0) is 14.6 Å². The first-order chi connectivity index (χ1) is 11.8. The monoisotopic (exact) mass is 389 g/mol. The standard InChI is InChI=1S/C16H21ClFN3O3S/c17-13-1-3-14(4-2-13)20-7-11-9-21(10-12(11)8-20)16(22)15(18)25(23,24)6-5-19/h1-4,11-12,15H,5-10,19H2/t11-,12+,15?. The van der Waals surface area contributed by atoms with Crippen LogP contribution in [0.2, 0.25) is 5.02 Å². The van der Waals surface area contributed by atoms with Crippen LogP contribution in [-0.4, -0.2) is 63.2 Å². The maximum Gasteiger partial charge on any atom is 0.278 e. The summed E-state index contributed by atoms with van der Waals surface area (Å²) >= 11 is 5.90. The molecule has 0 aromatic heterocycles. The third kappa shape index (κ3) is 3.75. The Bertz CT molecular complexity index is 729. The van der Waals surface area contributed by atoms with E-state index in [9.17, 15) is 17.6 Å². The maximum absolute atomic E-state index is 14.1. The molecule has 2 saturated heterocycles. The van der Waals surface area contributed by atoms with Crippen LogP contribution in [0.5, 0.6) is 0 Å². The summed E-state index contributed by atoms with van der Waals surface area (Å²) in [5.41, 5.74) is 3.73. The molecule has 0 radical (unpaired) electrons. The van der Waals surface area contributed by atoms with Crippen molar-refractivity contribution in [3.8, 4) is 0 Å². The summed E-state index contributed by atoms with van der Waals surface area (Å²) in [6, 6.07) is 7.56. The summed E-state index contributed by atoms with van der Waals surface area (Å²) in [7, 11) is -4.13. The second kappa shape index (κ2) is 7.09. The van der Waals surface area contributed by atoms with Crippen molar-refractivity contribution in [2.45, 2.75) is 5.50 Å². The van der Waals surface area contributed by atoms with Gasteiger partial charge in [0.2, 0.25) is 0 Å². The zero-order valence-electron chi connectivity index (χ0n) is 13.6. The van der Waals surface area contributed by atoms with E-state index in [0.29, 0.717) is 18.1 Å². The Morgan fingerprint density at radius 2 is 1.76 bits per heavy atom. The van der Waals surface area contributed by atoms with Gasteiger partial charge in [0.05, 0.1) is 5.75 Å². The number of amides is 1. The van der Waals surface area contributed by atoms with Crippen LogP contribution in [0.25, 0.3) is 0 Å². The molecular formula is C16H21ClFN3O3S. The SMILES string of the molecule is NCCS(=O)(=O)C(F)C(=O)N1C[C@@H]2CN(c3ccc(Cl)cc3)C[C@@H]2C1. The average Bonchev–Trinajstić information content (AvgIpc) is 3.13. The minimum Gasteiger partial charge on any atom is -0.371 e. The Morgan fingerprint density at radius 1 is 1.20 bits per heavy atom. The largest absolute Gasteiger partial charge is 0.371 e. The van der Waals surface area contributed by atoms with E-state index in [2.05, 4.69) is 4.90 Å². The molecule has 3 atom stereocenters. The summed E-state index contributed by atoms with van der Waals surface area (Å²) in [5, 5.41) is 0.674. The summed E-state index contributed by atoms with van der Waals surface area (Å²) in [6.45, 7) is 2.07. The van der Waals surface area contributed by atoms with E-state index in [-0.39, 0.29) is 18.4 Å². The summed E-state index contributed by atoms with van der Waals surface area (Å²) in [5.74, 6) is -1.06. The molecule has 1 aromatic rings. The molecule has 0 spiro atoms. The Labute approximate surface area is 151 Å². The van der Waals surface area contributed by atoms with Crippen molar-refractivity contribution in [2.24, 2.45) is 17.6 Å². The third-order valence-corrected chi connectivity index (χ3v) is 6.79. The molecule has 3 rings (SSSR count). The smallest absolute Gasteiger partial charge is 0.278 e. The second-order valence-electron chi connectivity index (χ2n) is 6.62. The first-order valence-electron chi connectivity index (χ1n) is 8.17. The molecule has 138 valence electrons. The van der Waals surface area contributed by atoms with Crippen molar-refractivity contribution in [1.29, 1.82) is 0 Å². The fourth-order valence-electron chi connectivity index (χ4n) is 3.60. The molecular weight excluding hydrogens is 369 g/mol. The molecule has 2 aliphatic heterocycles. The van der Waals surface area contributed by atoms with Crippen LogP contribution < -0.4 is 10.6 Å². The van der Waals surface area contributed by atoms with Crippen LogP contribution >= 0.6 is 11.6 Å². The van der Waals surface area contributed by atoms with Crippen molar-refractivity contribution in [1.82, 2.24) is 4.90 Å². The second-order valence-corrected chi connectivity index (χ2v) is 9.20. The van der Waals surface area contributed by atoms with E-state index in [1.807, 2.05) is 24.3 Å². The van der Waals surface area contributed by atoms with Gasteiger partial charge in [0.1, 0.15) is 0 Å². The number of anilines is 1. The van der Waals surface area contributed by atoms with Gasteiger partial charge in [-0.25, -0.2) is 12.8 Å². The van der Waals surface area contributed by atoms with Gasteiger partial charge in [-0.2, -0.15) is 0 Å². The lowest BCUT2D eigenvalue weighted by Crippen LogP contribution is -2.42. The quantitative estimate of drug-likeness (QED) is 0.809. The summed E-state index contributed by atoms with van der Waals surface area (Å²) in [6.07, 6.45) is 0. The first-order valence-corrected chi connectivity index (χ1v) is 10.3. The Hall–Kier alpha value is -1.38.